The van der Waals surface area contributed by atoms with E-state index in [9.17, 15) is 28.5 Å². The molecule has 0 unspecified atom stereocenters. The van der Waals surface area contributed by atoms with Crippen molar-refractivity contribution in [3.8, 4) is 12.1 Å². The fourth-order valence-corrected chi connectivity index (χ4v) is 5.35. The molecule has 5 rings (SSSR count). The summed E-state index contributed by atoms with van der Waals surface area (Å²) in [6.07, 6.45) is -1.14. The van der Waals surface area contributed by atoms with Crippen LogP contribution in [0.15, 0.2) is 85.1 Å². The Bertz CT molecular complexity index is 1400. The van der Waals surface area contributed by atoms with Crippen LogP contribution in [0.1, 0.15) is 44.6 Å². The molecule has 0 radical (unpaired) electrons. The van der Waals surface area contributed by atoms with Crippen molar-refractivity contribution in [2.45, 2.75) is 24.2 Å². The molecule has 1 fully saturated rings. The molecule has 35 heavy (non-hydrogen) atoms. The van der Waals surface area contributed by atoms with Gasteiger partial charge in [0.25, 0.3) is 0 Å². The maximum atomic E-state index is 13.9. The molecule has 0 N–H and O–H groups in total. The zero-order valence-electron chi connectivity index (χ0n) is 18.3. The SMILES string of the molecule is N#CC1(C#N)[C@H](c2ccccc2)[C@@H](C(=O)c2cccc(C(F)(F)F)c2)N2C=Cc3ccccc3[C@H]21. The van der Waals surface area contributed by atoms with Crippen molar-refractivity contribution in [2.75, 3.05) is 0 Å². The van der Waals surface area contributed by atoms with Gasteiger partial charge in [0.1, 0.15) is 6.04 Å². The molecule has 2 heterocycles. The van der Waals surface area contributed by atoms with Gasteiger partial charge in [-0.3, -0.25) is 4.79 Å². The smallest absolute Gasteiger partial charge is 0.357 e. The zero-order chi connectivity index (χ0) is 24.8. The summed E-state index contributed by atoms with van der Waals surface area (Å²) in [5.41, 5.74) is -0.573. The van der Waals surface area contributed by atoms with Gasteiger partial charge in [-0.1, -0.05) is 66.7 Å². The number of alkyl halides is 3. The average Bonchev–Trinajstić information content (AvgIpc) is 3.19. The van der Waals surface area contributed by atoms with Crippen LogP contribution >= 0.6 is 0 Å². The van der Waals surface area contributed by atoms with E-state index in [1.165, 1.54) is 12.1 Å². The van der Waals surface area contributed by atoms with E-state index in [1.807, 2.05) is 18.2 Å². The van der Waals surface area contributed by atoms with Crippen molar-refractivity contribution >= 4 is 11.9 Å². The third kappa shape index (κ3) is 3.40. The highest BCUT2D eigenvalue weighted by molar-refractivity contribution is 6.02. The third-order valence-corrected chi connectivity index (χ3v) is 6.85. The summed E-state index contributed by atoms with van der Waals surface area (Å²) in [7, 11) is 0. The number of ketones is 1. The predicted octanol–water partition coefficient (Wildman–Crippen LogP) is 6.12. The van der Waals surface area contributed by atoms with E-state index in [-0.39, 0.29) is 5.56 Å². The molecule has 0 aromatic heterocycles. The number of nitrogens with zero attached hydrogens (tertiary/aromatic N) is 3. The number of fused-ring (bicyclic) bond motifs is 3. The first-order chi connectivity index (χ1) is 16.8. The Kier molecular flexibility index (Phi) is 5.22. The molecule has 7 heteroatoms. The predicted molar refractivity (Wildman–Crippen MR) is 122 cm³/mol. The monoisotopic (exact) mass is 469 g/mol. The maximum absolute atomic E-state index is 13.9. The van der Waals surface area contributed by atoms with Gasteiger partial charge in [0.15, 0.2) is 11.2 Å². The van der Waals surface area contributed by atoms with E-state index >= 15 is 0 Å². The second kappa shape index (κ2) is 8.14. The summed E-state index contributed by atoms with van der Waals surface area (Å²) in [6.45, 7) is 0. The number of carbonyl (C=O) groups excluding carboxylic acids is 1. The van der Waals surface area contributed by atoms with E-state index in [0.717, 1.165) is 23.3 Å². The molecule has 2 aliphatic rings. The molecular weight excluding hydrogens is 451 g/mol. The number of hydrogen-bond acceptors (Lipinski definition) is 4. The largest absolute Gasteiger partial charge is 0.416 e. The second-order valence-electron chi connectivity index (χ2n) is 8.66. The van der Waals surface area contributed by atoms with E-state index < -0.39 is 40.9 Å². The normalized spacial score (nSPS) is 22.0. The molecule has 0 spiro atoms. The molecule has 0 aliphatic carbocycles. The number of halogens is 3. The number of benzene rings is 3. The average molecular weight is 469 g/mol. The van der Waals surface area contributed by atoms with Gasteiger partial charge in [0, 0.05) is 17.7 Å². The van der Waals surface area contributed by atoms with Crippen molar-refractivity contribution in [3.05, 3.63) is 113 Å². The van der Waals surface area contributed by atoms with Crippen molar-refractivity contribution in [2.24, 2.45) is 5.41 Å². The Labute approximate surface area is 200 Å². The van der Waals surface area contributed by atoms with Crippen LogP contribution in [-0.4, -0.2) is 16.7 Å². The number of nitriles is 2. The van der Waals surface area contributed by atoms with Gasteiger partial charge in [0.2, 0.25) is 0 Å². The highest BCUT2D eigenvalue weighted by atomic mass is 19.4. The number of Topliss-reactive ketones (excluding diaryl/α,β-unsaturated/α-hetero) is 1. The van der Waals surface area contributed by atoms with Crippen molar-refractivity contribution < 1.29 is 18.0 Å². The van der Waals surface area contributed by atoms with Crippen molar-refractivity contribution in [1.29, 1.82) is 10.5 Å². The molecule has 0 bridgehead atoms. The fraction of sp³-hybridized carbons (Fsp3) is 0.179. The summed E-state index contributed by atoms with van der Waals surface area (Å²) >= 11 is 0. The molecule has 0 saturated carbocycles. The zero-order valence-corrected chi connectivity index (χ0v) is 18.3. The maximum Gasteiger partial charge on any atom is 0.416 e. The fourth-order valence-electron chi connectivity index (χ4n) is 5.35. The first kappa shape index (κ1) is 22.4. The molecule has 3 aromatic rings. The summed E-state index contributed by atoms with van der Waals surface area (Å²) in [6, 6.07) is 23.0. The van der Waals surface area contributed by atoms with Crippen LogP contribution in [0.4, 0.5) is 13.2 Å². The molecule has 1 saturated heterocycles. The van der Waals surface area contributed by atoms with Crippen LogP contribution < -0.4 is 0 Å². The van der Waals surface area contributed by atoms with Crippen LogP contribution in [0.25, 0.3) is 6.08 Å². The molecule has 3 aromatic carbocycles. The Morgan fingerprint density at radius 1 is 0.914 bits per heavy atom. The van der Waals surface area contributed by atoms with Crippen molar-refractivity contribution in [1.82, 2.24) is 4.90 Å². The second-order valence-corrected chi connectivity index (χ2v) is 8.66. The quantitative estimate of drug-likeness (QED) is 0.434. The standard InChI is InChI=1S/C28H18F3N3O/c29-28(30,31)21-11-6-10-20(15-21)25(35)24-23(19-8-2-1-3-9-19)27(16-32,17-33)26-22-12-5-4-7-18(22)13-14-34(24)26/h1-15,23-24,26H/t23-,24+,26+/m1/s1. The summed E-state index contributed by atoms with van der Waals surface area (Å²) in [5.74, 6) is -1.48. The van der Waals surface area contributed by atoms with Gasteiger partial charge in [-0.25, -0.2) is 0 Å². The molecule has 2 aliphatic heterocycles. The number of carbonyl (C=O) groups is 1. The Morgan fingerprint density at radius 2 is 1.60 bits per heavy atom. The highest BCUT2D eigenvalue weighted by Gasteiger charge is 2.63. The van der Waals surface area contributed by atoms with Gasteiger partial charge < -0.3 is 4.90 Å². The minimum Gasteiger partial charge on any atom is -0.357 e. The summed E-state index contributed by atoms with van der Waals surface area (Å²) in [5, 5.41) is 20.9. The van der Waals surface area contributed by atoms with Crippen LogP contribution in [0, 0.1) is 28.1 Å². The van der Waals surface area contributed by atoms with E-state index in [0.29, 0.717) is 5.56 Å². The first-order valence-corrected chi connectivity index (χ1v) is 11.0. The summed E-state index contributed by atoms with van der Waals surface area (Å²) < 4.78 is 40.2. The highest BCUT2D eigenvalue weighted by Crippen LogP contribution is 2.60. The Balaban J connectivity index is 1.74. The van der Waals surface area contributed by atoms with Crippen LogP contribution in [0.3, 0.4) is 0 Å². The molecule has 3 atom stereocenters. The van der Waals surface area contributed by atoms with E-state index in [2.05, 4.69) is 12.1 Å². The minimum atomic E-state index is -4.61. The molecule has 172 valence electrons. The topological polar surface area (TPSA) is 67.9 Å². The minimum absolute atomic E-state index is 0.122. The van der Waals surface area contributed by atoms with Crippen LogP contribution in [-0.2, 0) is 6.18 Å². The van der Waals surface area contributed by atoms with E-state index in [1.54, 1.807) is 53.6 Å². The molecule has 0 amide bonds. The lowest BCUT2D eigenvalue weighted by molar-refractivity contribution is -0.137. The third-order valence-electron chi connectivity index (χ3n) is 6.85. The van der Waals surface area contributed by atoms with Crippen LogP contribution in [0.5, 0.6) is 0 Å². The van der Waals surface area contributed by atoms with Gasteiger partial charge in [0.05, 0.1) is 23.7 Å². The number of hydrogen-bond donors (Lipinski definition) is 0. The first-order valence-electron chi connectivity index (χ1n) is 11.0. The van der Waals surface area contributed by atoms with Crippen molar-refractivity contribution in [3.63, 3.8) is 0 Å². The summed E-state index contributed by atoms with van der Waals surface area (Å²) in [4.78, 5) is 15.6. The lowest BCUT2D eigenvalue weighted by atomic mass is 9.67. The van der Waals surface area contributed by atoms with Gasteiger partial charge in [-0.15, -0.1) is 0 Å². The number of rotatable bonds is 3. The Morgan fingerprint density at radius 3 is 2.29 bits per heavy atom. The Hall–Kier alpha value is -4.36. The van der Waals surface area contributed by atoms with Gasteiger partial charge in [-0.2, -0.15) is 23.7 Å². The van der Waals surface area contributed by atoms with Crippen LogP contribution in [0.2, 0.25) is 0 Å². The molecule has 4 nitrogen and oxygen atoms in total. The lowest BCUT2D eigenvalue weighted by Gasteiger charge is -2.34. The van der Waals surface area contributed by atoms with E-state index in [4.69, 9.17) is 0 Å². The lowest BCUT2D eigenvalue weighted by Crippen LogP contribution is -2.37. The molecular formula is C28H18F3N3O. The van der Waals surface area contributed by atoms with Gasteiger partial charge >= 0.3 is 6.18 Å². The van der Waals surface area contributed by atoms with Gasteiger partial charge in [-0.05, 0) is 34.9 Å².